The van der Waals surface area contributed by atoms with Crippen molar-refractivity contribution in [2.24, 2.45) is 5.92 Å². The molecule has 1 heterocycles. The number of nitrogens with zero attached hydrogens (tertiary/aromatic N) is 1. The third kappa shape index (κ3) is 4.45. The summed E-state index contributed by atoms with van der Waals surface area (Å²) in [5.41, 5.74) is 0.986. The predicted octanol–water partition coefficient (Wildman–Crippen LogP) is 3.47. The van der Waals surface area contributed by atoms with Crippen LogP contribution in [0.25, 0.3) is 0 Å². The molecule has 6 heteroatoms. The molecular formula is C20H26N2O4. The van der Waals surface area contributed by atoms with E-state index in [1.807, 2.05) is 0 Å². The van der Waals surface area contributed by atoms with Gasteiger partial charge in [-0.05, 0) is 43.0 Å². The SMILES string of the molecule is COc1ccc(NC(=O)c2c(C)ccn(CCC(C)C)c2=O)c(OC)c1. The molecule has 0 aliphatic heterocycles. The fraction of sp³-hybridized carbons (Fsp3) is 0.400. The lowest BCUT2D eigenvalue weighted by atomic mass is 10.1. The lowest BCUT2D eigenvalue weighted by Crippen LogP contribution is -2.30. The molecule has 0 saturated heterocycles. The number of hydrogen-bond acceptors (Lipinski definition) is 4. The molecule has 0 saturated carbocycles. The quantitative estimate of drug-likeness (QED) is 0.823. The van der Waals surface area contributed by atoms with Crippen LogP contribution in [0.1, 0.15) is 36.2 Å². The Balaban J connectivity index is 2.32. The highest BCUT2D eigenvalue weighted by molar-refractivity contribution is 6.05. The first kappa shape index (κ1) is 19.6. The maximum atomic E-state index is 12.8. The van der Waals surface area contributed by atoms with Gasteiger partial charge in [-0.1, -0.05) is 13.8 Å². The van der Waals surface area contributed by atoms with E-state index in [4.69, 9.17) is 9.47 Å². The Hall–Kier alpha value is -2.76. The Kier molecular flexibility index (Phi) is 6.44. The first-order valence-corrected chi connectivity index (χ1v) is 8.60. The molecule has 26 heavy (non-hydrogen) atoms. The van der Waals surface area contributed by atoms with Crippen LogP contribution in [0.2, 0.25) is 0 Å². The molecule has 1 aromatic carbocycles. The largest absolute Gasteiger partial charge is 0.497 e. The van der Waals surface area contributed by atoms with Gasteiger partial charge in [0.15, 0.2) is 0 Å². The number of methoxy groups -OCH3 is 2. The Morgan fingerprint density at radius 3 is 2.54 bits per heavy atom. The second kappa shape index (κ2) is 8.56. The number of rotatable bonds is 7. The third-order valence-electron chi connectivity index (χ3n) is 4.20. The molecule has 0 aliphatic carbocycles. The minimum absolute atomic E-state index is 0.147. The lowest BCUT2D eigenvalue weighted by molar-refractivity contribution is 0.102. The fourth-order valence-corrected chi connectivity index (χ4v) is 2.60. The molecule has 2 rings (SSSR count). The summed E-state index contributed by atoms with van der Waals surface area (Å²) in [6, 6.07) is 6.87. The molecule has 0 fully saturated rings. The molecule has 0 atom stereocenters. The Labute approximate surface area is 153 Å². The van der Waals surface area contributed by atoms with Gasteiger partial charge in [0.1, 0.15) is 17.1 Å². The van der Waals surface area contributed by atoms with Crippen LogP contribution in [-0.2, 0) is 6.54 Å². The van der Waals surface area contributed by atoms with Gasteiger partial charge in [-0.25, -0.2) is 0 Å². The van der Waals surface area contributed by atoms with Gasteiger partial charge in [-0.15, -0.1) is 0 Å². The van der Waals surface area contributed by atoms with Crippen molar-refractivity contribution in [2.75, 3.05) is 19.5 Å². The predicted molar refractivity (Wildman–Crippen MR) is 102 cm³/mol. The van der Waals surface area contributed by atoms with Crippen molar-refractivity contribution in [2.45, 2.75) is 33.7 Å². The van der Waals surface area contributed by atoms with Gasteiger partial charge in [0.05, 0.1) is 19.9 Å². The first-order chi connectivity index (χ1) is 12.4. The summed E-state index contributed by atoms with van der Waals surface area (Å²) in [6.07, 6.45) is 2.61. The summed E-state index contributed by atoms with van der Waals surface area (Å²) < 4.78 is 12.0. The van der Waals surface area contributed by atoms with Gasteiger partial charge < -0.3 is 19.4 Å². The first-order valence-electron chi connectivity index (χ1n) is 8.60. The third-order valence-corrected chi connectivity index (χ3v) is 4.20. The van der Waals surface area contributed by atoms with Crippen LogP contribution in [0.4, 0.5) is 5.69 Å². The van der Waals surface area contributed by atoms with E-state index < -0.39 is 5.91 Å². The summed E-state index contributed by atoms with van der Waals surface area (Å²) in [4.78, 5) is 25.5. The summed E-state index contributed by atoms with van der Waals surface area (Å²) >= 11 is 0. The van der Waals surface area contributed by atoms with E-state index in [9.17, 15) is 9.59 Å². The van der Waals surface area contributed by atoms with Gasteiger partial charge >= 0.3 is 0 Å². The minimum atomic E-state index is -0.449. The highest BCUT2D eigenvalue weighted by atomic mass is 16.5. The zero-order valence-electron chi connectivity index (χ0n) is 16.0. The topological polar surface area (TPSA) is 69.6 Å². The van der Waals surface area contributed by atoms with E-state index in [1.165, 1.54) is 7.11 Å². The summed E-state index contributed by atoms with van der Waals surface area (Å²) in [5.74, 6) is 1.11. The van der Waals surface area contributed by atoms with E-state index in [1.54, 1.807) is 49.1 Å². The van der Waals surface area contributed by atoms with E-state index in [0.717, 1.165) is 6.42 Å². The second-order valence-corrected chi connectivity index (χ2v) is 6.58. The number of pyridine rings is 1. The summed E-state index contributed by atoms with van der Waals surface area (Å²) in [7, 11) is 3.07. The van der Waals surface area contributed by atoms with Crippen LogP contribution in [0, 0.1) is 12.8 Å². The molecule has 1 amide bonds. The van der Waals surface area contributed by atoms with Crippen LogP contribution < -0.4 is 20.3 Å². The maximum Gasteiger partial charge on any atom is 0.263 e. The molecule has 0 spiro atoms. The molecule has 140 valence electrons. The Bertz CT molecular complexity index is 840. The average molecular weight is 358 g/mol. The lowest BCUT2D eigenvalue weighted by Gasteiger charge is -2.14. The number of hydrogen-bond donors (Lipinski definition) is 1. The van der Waals surface area contributed by atoms with Crippen molar-refractivity contribution in [3.63, 3.8) is 0 Å². The molecule has 1 aromatic heterocycles. The molecule has 2 aromatic rings. The van der Waals surface area contributed by atoms with Gasteiger partial charge in [-0.3, -0.25) is 9.59 Å². The minimum Gasteiger partial charge on any atom is -0.497 e. The normalized spacial score (nSPS) is 10.7. The van der Waals surface area contributed by atoms with E-state index in [0.29, 0.717) is 35.2 Å². The van der Waals surface area contributed by atoms with Crippen molar-refractivity contribution < 1.29 is 14.3 Å². The number of ether oxygens (including phenoxy) is 2. The van der Waals surface area contributed by atoms with Crippen LogP contribution in [0.5, 0.6) is 11.5 Å². The highest BCUT2D eigenvalue weighted by Crippen LogP contribution is 2.29. The summed E-state index contributed by atoms with van der Waals surface area (Å²) in [6.45, 7) is 6.54. The van der Waals surface area contributed by atoms with E-state index in [-0.39, 0.29) is 11.1 Å². The molecule has 6 nitrogen and oxygen atoms in total. The van der Waals surface area contributed by atoms with E-state index >= 15 is 0 Å². The van der Waals surface area contributed by atoms with Gasteiger partial charge in [-0.2, -0.15) is 0 Å². The molecule has 0 bridgehead atoms. The van der Waals surface area contributed by atoms with Crippen molar-refractivity contribution in [1.82, 2.24) is 4.57 Å². The number of amides is 1. The average Bonchev–Trinajstić information content (AvgIpc) is 2.61. The molecule has 0 aliphatic rings. The Morgan fingerprint density at radius 1 is 1.19 bits per heavy atom. The summed E-state index contributed by atoms with van der Waals surface area (Å²) in [5, 5.41) is 2.77. The van der Waals surface area contributed by atoms with Crippen LogP contribution in [0.3, 0.4) is 0 Å². The zero-order valence-corrected chi connectivity index (χ0v) is 16.0. The Morgan fingerprint density at radius 2 is 1.92 bits per heavy atom. The van der Waals surface area contributed by atoms with Gasteiger partial charge in [0, 0.05) is 18.8 Å². The van der Waals surface area contributed by atoms with Crippen molar-refractivity contribution >= 4 is 11.6 Å². The van der Waals surface area contributed by atoms with Gasteiger partial charge in [0.25, 0.3) is 11.5 Å². The second-order valence-electron chi connectivity index (χ2n) is 6.58. The molecular weight excluding hydrogens is 332 g/mol. The number of carbonyl (C=O) groups is 1. The number of aryl methyl sites for hydroxylation is 2. The molecule has 0 radical (unpaired) electrons. The van der Waals surface area contributed by atoms with Gasteiger partial charge in [0.2, 0.25) is 0 Å². The monoisotopic (exact) mass is 358 g/mol. The van der Waals surface area contributed by atoms with Crippen molar-refractivity contribution in [1.29, 1.82) is 0 Å². The van der Waals surface area contributed by atoms with Crippen LogP contribution in [-0.4, -0.2) is 24.7 Å². The standard InChI is InChI=1S/C20H26N2O4/c1-13(2)8-10-22-11-9-14(3)18(20(22)24)19(23)21-16-7-6-15(25-4)12-17(16)26-5/h6-7,9,11-13H,8,10H2,1-5H3,(H,21,23). The van der Waals surface area contributed by atoms with Crippen LogP contribution in [0.15, 0.2) is 35.3 Å². The van der Waals surface area contributed by atoms with Crippen LogP contribution >= 0.6 is 0 Å². The zero-order chi connectivity index (χ0) is 19.3. The van der Waals surface area contributed by atoms with Crippen molar-refractivity contribution in [3.8, 4) is 11.5 Å². The van der Waals surface area contributed by atoms with Crippen molar-refractivity contribution in [3.05, 3.63) is 51.9 Å². The smallest absolute Gasteiger partial charge is 0.263 e. The fourth-order valence-electron chi connectivity index (χ4n) is 2.60. The number of aromatic nitrogens is 1. The number of benzene rings is 1. The molecule has 0 unspecified atom stereocenters. The number of carbonyl (C=O) groups excluding carboxylic acids is 1. The van der Waals surface area contributed by atoms with E-state index in [2.05, 4.69) is 19.2 Å². The molecule has 1 N–H and O–H groups in total. The number of nitrogens with one attached hydrogen (secondary N) is 1. The number of anilines is 1. The maximum absolute atomic E-state index is 12.8. The highest BCUT2D eigenvalue weighted by Gasteiger charge is 2.18.